The number of hydrogen-bond donors (Lipinski definition) is 0. The lowest BCUT2D eigenvalue weighted by atomic mass is 10.4. The number of carbonyl (C=O) groups is 1. The quantitative estimate of drug-likeness (QED) is 0.710. The van der Waals surface area contributed by atoms with Crippen LogP contribution in [0.1, 0.15) is 30.4 Å². The molecule has 0 fully saturated rings. The number of rotatable bonds is 2. The summed E-state index contributed by atoms with van der Waals surface area (Å²) >= 11 is 3.20. The van der Waals surface area contributed by atoms with Gasteiger partial charge in [0.05, 0.1) is 0 Å². The molecule has 1 aromatic rings. The number of aldehydes is 1. The lowest BCUT2D eigenvalue weighted by molar-refractivity contribution is 0.111. The van der Waals surface area contributed by atoms with Crippen LogP contribution in [0.2, 0.25) is 0 Å². The van der Waals surface area contributed by atoms with E-state index in [1.54, 1.807) is 10.7 Å². The molecule has 0 aliphatic heterocycles. The normalized spacial score (nSPS) is 10.5. The molecule has 4 heteroatoms. The monoisotopic (exact) mass is 216 g/mol. The first-order chi connectivity index (χ1) is 5.15. The van der Waals surface area contributed by atoms with Crippen molar-refractivity contribution in [3.05, 3.63) is 16.4 Å². The zero-order valence-corrected chi connectivity index (χ0v) is 8.00. The molecule has 3 nitrogen and oxygen atoms in total. The van der Waals surface area contributed by atoms with Crippen LogP contribution in [0.4, 0.5) is 0 Å². The van der Waals surface area contributed by atoms with E-state index < -0.39 is 0 Å². The van der Waals surface area contributed by atoms with Gasteiger partial charge >= 0.3 is 0 Å². The van der Waals surface area contributed by atoms with Gasteiger partial charge in [0.25, 0.3) is 0 Å². The van der Waals surface area contributed by atoms with Crippen molar-refractivity contribution in [2.75, 3.05) is 0 Å². The molecule has 0 radical (unpaired) electrons. The lowest BCUT2D eigenvalue weighted by Crippen LogP contribution is -2.06. The van der Waals surface area contributed by atoms with E-state index >= 15 is 0 Å². The van der Waals surface area contributed by atoms with E-state index in [9.17, 15) is 4.79 Å². The molecule has 60 valence electrons. The summed E-state index contributed by atoms with van der Waals surface area (Å²) in [6, 6.07) is 1.92. The molecule has 0 bridgehead atoms. The van der Waals surface area contributed by atoms with Crippen molar-refractivity contribution in [3.63, 3.8) is 0 Å². The topological polar surface area (TPSA) is 34.9 Å². The van der Waals surface area contributed by atoms with E-state index in [0.717, 1.165) is 6.29 Å². The van der Waals surface area contributed by atoms with Crippen molar-refractivity contribution in [3.8, 4) is 0 Å². The fourth-order valence-electron chi connectivity index (χ4n) is 0.879. The Morgan fingerprint density at radius 3 is 2.73 bits per heavy atom. The van der Waals surface area contributed by atoms with Crippen molar-refractivity contribution in [2.24, 2.45) is 0 Å². The Labute approximate surface area is 73.5 Å². The Kier molecular flexibility index (Phi) is 2.44. The van der Waals surface area contributed by atoms with Crippen LogP contribution in [0.25, 0.3) is 0 Å². The fourth-order valence-corrected chi connectivity index (χ4v) is 1.28. The average Bonchev–Trinajstić information content (AvgIpc) is 2.30. The largest absolute Gasteiger partial charge is 0.296 e. The van der Waals surface area contributed by atoms with E-state index in [1.807, 2.05) is 13.8 Å². The molecule has 11 heavy (non-hydrogen) atoms. The van der Waals surface area contributed by atoms with Gasteiger partial charge < -0.3 is 0 Å². The third kappa shape index (κ3) is 1.68. The van der Waals surface area contributed by atoms with Crippen molar-refractivity contribution in [2.45, 2.75) is 19.9 Å². The zero-order valence-electron chi connectivity index (χ0n) is 6.41. The van der Waals surface area contributed by atoms with Crippen LogP contribution in [0, 0.1) is 0 Å². The first-order valence-electron chi connectivity index (χ1n) is 3.35. The molecule has 1 aromatic heterocycles. The van der Waals surface area contributed by atoms with Gasteiger partial charge in [-0.25, -0.2) is 0 Å². The molecule has 0 aromatic carbocycles. The minimum atomic E-state index is 0.224. The Balaban J connectivity index is 3.11. The number of carbonyl (C=O) groups excluding carboxylic acids is 1. The number of halogens is 1. The molecule has 0 atom stereocenters. The van der Waals surface area contributed by atoms with E-state index in [0.29, 0.717) is 10.3 Å². The number of nitrogens with zero attached hydrogens (tertiary/aromatic N) is 2. The van der Waals surface area contributed by atoms with Gasteiger partial charge in [-0.2, -0.15) is 5.10 Å². The summed E-state index contributed by atoms with van der Waals surface area (Å²) in [5, 5.41) is 4.08. The number of hydrogen-bond acceptors (Lipinski definition) is 2. The van der Waals surface area contributed by atoms with Gasteiger partial charge in [-0.3, -0.25) is 9.48 Å². The third-order valence-electron chi connectivity index (χ3n) is 1.34. The molecule has 0 aliphatic rings. The Morgan fingerprint density at radius 1 is 1.73 bits per heavy atom. The fraction of sp³-hybridized carbons (Fsp3) is 0.429. The van der Waals surface area contributed by atoms with Crippen molar-refractivity contribution in [1.82, 2.24) is 9.78 Å². The maximum atomic E-state index is 10.5. The Morgan fingerprint density at radius 2 is 2.36 bits per heavy atom. The Hall–Kier alpha value is -0.640. The summed E-state index contributed by atoms with van der Waals surface area (Å²) in [6.45, 7) is 3.96. The summed E-state index contributed by atoms with van der Waals surface area (Å²) in [5.74, 6) is 0. The van der Waals surface area contributed by atoms with Gasteiger partial charge in [-0.1, -0.05) is 0 Å². The minimum absolute atomic E-state index is 0.224. The highest BCUT2D eigenvalue weighted by atomic mass is 79.9. The van der Waals surface area contributed by atoms with Crippen LogP contribution in [0.3, 0.4) is 0 Å². The Bertz CT molecular complexity index is 267. The standard InChI is InChI=1S/C7H9BrN2O/c1-5(2)10-6(4-11)3-7(8)9-10/h3-5H,1-2H3. The molecular weight excluding hydrogens is 208 g/mol. The van der Waals surface area contributed by atoms with E-state index in [4.69, 9.17) is 0 Å². The zero-order chi connectivity index (χ0) is 8.43. The van der Waals surface area contributed by atoms with Crippen molar-refractivity contribution < 1.29 is 4.79 Å². The van der Waals surface area contributed by atoms with Crippen molar-refractivity contribution >= 4 is 22.2 Å². The first kappa shape index (κ1) is 8.46. The molecule has 0 aliphatic carbocycles. The molecule has 0 amide bonds. The van der Waals surface area contributed by atoms with Crippen LogP contribution in [-0.4, -0.2) is 16.1 Å². The molecule has 1 heterocycles. The second kappa shape index (κ2) is 3.17. The second-order valence-electron chi connectivity index (χ2n) is 2.55. The maximum Gasteiger partial charge on any atom is 0.168 e. The molecule has 1 rings (SSSR count). The van der Waals surface area contributed by atoms with E-state index in [-0.39, 0.29) is 6.04 Å². The van der Waals surface area contributed by atoms with Gasteiger partial charge in [-0.15, -0.1) is 0 Å². The molecule has 0 saturated heterocycles. The summed E-state index contributed by atoms with van der Waals surface area (Å²) in [4.78, 5) is 10.5. The number of aromatic nitrogens is 2. The molecule has 0 saturated carbocycles. The summed E-state index contributed by atoms with van der Waals surface area (Å²) < 4.78 is 2.38. The maximum absolute atomic E-state index is 10.5. The highest BCUT2D eigenvalue weighted by molar-refractivity contribution is 9.10. The lowest BCUT2D eigenvalue weighted by Gasteiger charge is -2.05. The third-order valence-corrected chi connectivity index (χ3v) is 1.73. The molecular formula is C7H9BrN2O. The van der Waals surface area contributed by atoms with Crippen LogP contribution in [0.15, 0.2) is 10.7 Å². The predicted molar refractivity (Wildman–Crippen MR) is 45.7 cm³/mol. The van der Waals surface area contributed by atoms with Gasteiger partial charge in [0.2, 0.25) is 0 Å². The van der Waals surface area contributed by atoms with Crippen LogP contribution < -0.4 is 0 Å². The van der Waals surface area contributed by atoms with Gasteiger partial charge in [0.15, 0.2) is 6.29 Å². The SMILES string of the molecule is CC(C)n1nc(Br)cc1C=O. The summed E-state index contributed by atoms with van der Waals surface area (Å²) in [6.07, 6.45) is 0.803. The smallest absolute Gasteiger partial charge is 0.168 e. The molecule has 0 N–H and O–H groups in total. The highest BCUT2D eigenvalue weighted by Gasteiger charge is 2.06. The minimum Gasteiger partial charge on any atom is -0.296 e. The van der Waals surface area contributed by atoms with E-state index in [1.165, 1.54) is 0 Å². The van der Waals surface area contributed by atoms with Gasteiger partial charge in [0, 0.05) is 12.1 Å². The summed E-state index contributed by atoms with van der Waals surface area (Å²) in [7, 11) is 0. The second-order valence-corrected chi connectivity index (χ2v) is 3.36. The van der Waals surface area contributed by atoms with Gasteiger partial charge in [-0.05, 0) is 29.8 Å². The van der Waals surface area contributed by atoms with E-state index in [2.05, 4.69) is 21.0 Å². The van der Waals surface area contributed by atoms with Crippen molar-refractivity contribution in [1.29, 1.82) is 0 Å². The van der Waals surface area contributed by atoms with Crippen LogP contribution in [-0.2, 0) is 0 Å². The van der Waals surface area contributed by atoms with Gasteiger partial charge in [0.1, 0.15) is 10.3 Å². The summed E-state index contributed by atoms with van der Waals surface area (Å²) in [5.41, 5.74) is 0.604. The van der Waals surface area contributed by atoms with Crippen LogP contribution >= 0.6 is 15.9 Å². The van der Waals surface area contributed by atoms with Crippen LogP contribution in [0.5, 0.6) is 0 Å². The average molecular weight is 217 g/mol. The highest BCUT2D eigenvalue weighted by Crippen LogP contribution is 2.13. The molecule has 0 unspecified atom stereocenters. The molecule has 0 spiro atoms. The first-order valence-corrected chi connectivity index (χ1v) is 4.14. The predicted octanol–water partition coefficient (Wildman–Crippen LogP) is 2.04.